The molecular weight excluding hydrogens is 278 g/mol. The fourth-order valence-electron chi connectivity index (χ4n) is 2.65. The second-order valence-corrected chi connectivity index (χ2v) is 5.02. The number of carboxylic acids is 1. The fraction of sp³-hybridized carbons (Fsp3) is 0. The van der Waals surface area contributed by atoms with Crippen LogP contribution in [0.3, 0.4) is 0 Å². The van der Waals surface area contributed by atoms with Crippen molar-refractivity contribution < 1.29 is 9.90 Å². The van der Waals surface area contributed by atoms with Gasteiger partial charge in [0.1, 0.15) is 5.69 Å². The zero-order valence-electron chi connectivity index (χ0n) is 11.4. The van der Waals surface area contributed by atoms with E-state index in [2.05, 4.69) is 15.2 Å². The number of aromatic carboxylic acids is 1. The number of aromatic nitrogens is 3. The maximum absolute atomic E-state index is 11.1. The zero-order chi connectivity index (χ0) is 15.1. The van der Waals surface area contributed by atoms with Crippen molar-refractivity contribution in [1.29, 1.82) is 0 Å². The Morgan fingerprint density at radius 2 is 1.95 bits per heavy atom. The van der Waals surface area contributed by atoms with E-state index >= 15 is 0 Å². The molecule has 0 aliphatic rings. The van der Waals surface area contributed by atoms with Gasteiger partial charge in [0.25, 0.3) is 0 Å². The van der Waals surface area contributed by atoms with E-state index in [1.54, 1.807) is 24.4 Å². The van der Waals surface area contributed by atoms with E-state index in [1.807, 2.05) is 30.3 Å². The van der Waals surface area contributed by atoms with Crippen LogP contribution < -0.4 is 0 Å². The van der Waals surface area contributed by atoms with Crippen molar-refractivity contribution in [3.8, 4) is 11.3 Å². The minimum Gasteiger partial charge on any atom is -0.478 e. The predicted octanol–water partition coefficient (Wildman–Crippen LogP) is 3.48. The van der Waals surface area contributed by atoms with E-state index in [1.165, 1.54) is 0 Å². The highest BCUT2D eigenvalue weighted by Gasteiger charge is 2.13. The predicted molar refractivity (Wildman–Crippen MR) is 83.8 cm³/mol. The third kappa shape index (κ3) is 1.83. The molecule has 0 bridgehead atoms. The number of aromatic amines is 1. The van der Waals surface area contributed by atoms with Crippen LogP contribution in [0.5, 0.6) is 0 Å². The minimum atomic E-state index is -0.954. The van der Waals surface area contributed by atoms with Crippen LogP contribution in [0.15, 0.2) is 54.7 Å². The summed E-state index contributed by atoms with van der Waals surface area (Å²) in [5.41, 5.74) is 3.51. The standard InChI is InChI=1S/C17H11N3O2/c21-17(22)11-6-7-12-14(9-11)19-20-16(12)13-5-1-3-10-4-2-8-18-15(10)13/h1-9H,(H,19,20)(H,21,22). The Hall–Kier alpha value is -3.21. The number of nitrogens with one attached hydrogen (secondary N) is 1. The monoisotopic (exact) mass is 289 g/mol. The van der Waals surface area contributed by atoms with Gasteiger partial charge in [-0.1, -0.05) is 24.3 Å². The Balaban J connectivity index is 1.99. The number of pyridine rings is 1. The number of hydrogen-bond acceptors (Lipinski definition) is 3. The number of nitrogens with zero attached hydrogens (tertiary/aromatic N) is 2. The van der Waals surface area contributed by atoms with Crippen molar-refractivity contribution in [1.82, 2.24) is 15.2 Å². The fourth-order valence-corrected chi connectivity index (χ4v) is 2.65. The summed E-state index contributed by atoms with van der Waals surface area (Å²) in [5, 5.41) is 18.2. The molecule has 5 heteroatoms. The van der Waals surface area contributed by atoms with E-state index in [4.69, 9.17) is 5.11 Å². The Morgan fingerprint density at radius 1 is 1.09 bits per heavy atom. The Bertz CT molecular complexity index is 1020. The first-order valence-electron chi connectivity index (χ1n) is 6.79. The summed E-state index contributed by atoms with van der Waals surface area (Å²) in [7, 11) is 0. The van der Waals surface area contributed by atoms with Crippen LogP contribution in [0.4, 0.5) is 0 Å². The molecule has 0 atom stereocenters. The van der Waals surface area contributed by atoms with Crippen LogP contribution in [0, 0.1) is 0 Å². The van der Waals surface area contributed by atoms with Crippen molar-refractivity contribution >= 4 is 27.8 Å². The number of rotatable bonds is 2. The highest BCUT2D eigenvalue weighted by Crippen LogP contribution is 2.31. The van der Waals surface area contributed by atoms with Gasteiger partial charge in [-0.2, -0.15) is 5.10 Å². The number of hydrogen-bond donors (Lipinski definition) is 2. The number of benzene rings is 2. The van der Waals surface area contributed by atoms with Gasteiger partial charge < -0.3 is 5.11 Å². The maximum atomic E-state index is 11.1. The van der Waals surface area contributed by atoms with Crippen LogP contribution >= 0.6 is 0 Å². The molecule has 0 unspecified atom stereocenters. The molecule has 0 fully saturated rings. The second-order valence-electron chi connectivity index (χ2n) is 5.02. The van der Waals surface area contributed by atoms with Gasteiger partial charge >= 0.3 is 5.97 Å². The first kappa shape index (κ1) is 12.5. The molecule has 22 heavy (non-hydrogen) atoms. The average molecular weight is 289 g/mol. The number of H-pyrrole nitrogens is 1. The molecule has 0 aliphatic heterocycles. The maximum Gasteiger partial charge on any atom is 0.335 e. The van der Waals surface area contributed by atoms with E-state index in [0.29, 0.717) is 5.52 Å². The van der Waals surface area contributed by atoms with E-state index in [9.17, 15) is 4.79 Å². The van der Waals surface area contributed by atoms with Crippen LogP contribution in [-0.4, -0.2) is 26.3 Å². The molecule has 0 amide bonds. The van der Waals surface area contributed by atoms with Gasteiger partial charge in [0.15, 0.2) is 0 Å². The lowest BCUT2D eigenvalue weighted by Gasteiger charge is -2.03. The van der Waals surface area contributed by atoms with Gasteiger partial charge in [-0.25, -0.2) is 4.79 Å². The molecule has 4 rings (SSSR count). The van der Waals surface area contributed by atoms with Gasteiger partial charge in [0, 0.05) is 22.5 Å². The van der Waals surface area contributed by atoms with Gasteiger partial charge in [-0.05, 0) is 24.3 Å². The molecular formula is C17H11N3O2. The molecule has 0 spiro atoms. The summed E-state index contributed by atoms with van der Waals surface area (Å²) < 4.78 is 0. The Labute approximate surface area is 125 Å². The molecule has 0 radical (unpaired) electrons. The second kappa shape index (κ2) is 4.66. The molecule has 106 valence electrons. The normalized spacial score (nSPS) is 11.1. The Kier molecular flexibility index (Phi) is 2.66. The van der Waals surface area contributed by atoms with Crippen LogP contribution in [-0.2, 0) is 0 Å². The van der Waals surface area contributed by atoms with Crippen LogP contribution in [0.1, 0.15) is 10.4 Å². The summed E-state index contributed by atoms with van der Waals surface area (Å²) in [6, 6.07) is 14.8. The van der Waals surface area contributed by atoms with Gasteiger partial charge in [-0.3, -0.25) is 10.1 Å². The summed E-state index contributed by atoms with van der Waals surface area (Å²) >= 11 is 0. The van der Waals surface area contributed by atoms with Gasteiger partial charge in [0.2, 0.25) is 0 Å². The average Bonchev–Trinajstić information content (AvgIpc) is 2.97. The van der Waals surface area contributed by atoms with Crippen LogP contribution in [0.2, 0.25) is 0 Å². The topological polar surface area (TPSA) is 78.9 Å². The van der Waals surface area contributed by atoms with E-state index in [-0.39, 0.29) is 5.56 Å². The number of carbonyl (C=O) groups is 1. The van der Waals surface area contributed by atoms with Crippen molar-refractivity contribution in [2.75, 3.05) is 0 Å². The van der Waals surface area contributed by atoms with Gasteiger partial charge in [0.05, 0.1) is 16.6 Å². The highest BCUT2D eigenvalue weighted by atomic mass is 16.4. The molecule has 2 aromatic carbocycles. The lowest BCUT2D eigenvalue weighted by atomic mass is 10.0. The number of carboxylic acid groups (broad SMARTS) is 1. The van der Waals surface area contributed by atoms with Crippen molar-refractivity contribution in [2.45, 2.75) is 0 Å². The molecule has 0 saturated heterocycles. The highest BCUT2D eigenvalue weighted by molar-refractivity contribution is 6.03. The molecule has 4 aromatic rings. The first-order chi connectivity index (χ1) is 10.7. The largest absolute Gasteiger partial charge is 0.478 e. The third-order valence-corrected chi connectivity index (χ3v) is 3.70. The molecule has 5 nitrogen and oxygen atoms in total. The first-order valence-corrected chi connectivity index (χ1v) is 6.79. The lowest BCUT2D eigenvalue weighted by Crippen LogP contribution is -1.94. The molecule has 2 N–H and O–H groups in total. The lowest BCUT2D eigenvalue weighted by molar-refractivity contribution is 0.0697. The van der Waals surface area contributed by atoms with Crippen molar-refractivity contribution in [3.05, 3.63) is 60.3 Å². The SMILES string of the molecule is O=C(O)c1ccc2c(-c3cccc4cccnc34)n[nH]c2c1. The summed E-state index contributed by atoms with van der Waals surface area (Å²) in [4.78, 5) is 15.5. The van der Waals surface area contributed by atoms with E-state index in [0.717, 1.165) is 27.5 Å². The number of para-hydroxylation sites is 1. The smallest absolute Gasteiger partial charge is 0.335 e. The quantitative estimate of drug-likeness (QED) is 0.592. The van der Waals surface area contributed by atoms with Crippen LogP contribution in [0.25, 0.3) is 33.1 Å². The summed E-state index contributed by atoms with van der Waals surface area (Å²) in [6.07, 6.45) is 1.75. The molecule has 2 aromatic heterocycles. The van der Waals surface area contributed by atoms with Gasteiger partial charge in [-0.15, -0.1) is 0 Å². The molecule has 0 saturated carbocycles. The third-order valence-electron chi connectivity index (χ3n) is 3.70. The molecule has 0 aliphatic carbocycles. The summed E-state index contributed by atoms with van der Waals surface area (Å²) in [5.74, 6) is -0.954. The zero-order valence-corrected chi connectivity index (χ0v) is 11.4. The molecule has 2 heterocycles. The minimum absolute atomic E-state index is 0.235. The Morgan fingerprint density at radius 3 is 2.82 bits per heavy atom. The number of fused-ring (bicyclic) bond motifs is 2. The van der Waals surface area contributed by atoms with Crippen molar-refractivity contribution in [3.63, 3.8) is 0 Å². The van der Waals surface area contributed by atoms with Crippen molar-refractivity contribution in [2.24, 2.45) is 0 Å². The van der Waals surface area contributed by atoms with E-state index < -0.39 is 5.97 Å². The summed E-state index contributed by atoms with van der Waals surface area (Å²) in [6.45, 7) is 0.